The molecule has 0 spiro atoms. The lowest BCUT2D eigenvalue weighted by atomic mass is 10.1. The number of methoxy groups -OCH3 is 2. The van der Waals surface area contributed by atoms with Gasteiger partial charge in [0.2, 0.25) is 5.91 Å². The van der Waals surface area contributed by atoms with Gasteiger partial charge in [-0.3, -0.25) is 4.79 Å². The Morgan fingerprint density at radius 1 is 0.957 bits per heavy atom. The molecule has 23 heavy (non-hydrogen) atoms. The summed E-state index contributed by atoms with van der Waals surface area (Å²) >= 11 is 0. The van der Waals surface area contributed by atoms with Gasteiger partial charge in [0.1, 0.15) is 0 Å². The van der Waals surface area contributed by atoms with Crippen molar-refractivity contribution in [2.45, 2.75) is 13.3 Å². The second-order valence-electron chi connectivity index (χ2n) is 5.02. The minimum atomic E-state index is -0.128. The van der Waals surface area contributed by atoms with Gasteiger partial charge in [-0.25, -0.2) is 0 Å². The van der Waals surface area contributed by atoms with Gasteiger partial charge < -0.3 is 20.1 Å². The van der Waals surface area contributed by atoms with Crippen molar-refractivity contribution in [1.82, 2.24) is 0 Å². The highest BCUT2D eigenvalue weighted by atomic mass is 16.5. The Kier molecular flexibility index (Phi) is 5.86. The zero-order chi connectivity index (χ0) is 16.7. The van der Waals surface area contributed by atoms with E-state index in [0.29, 0.717) is 17.2 Å². The van der Waals surface area contributed by atoms with E-state index in [9.17, 15) is 4.79 Å². The molecular weight excluding hydrogens is 292 g/mol. The van der Waals surface area contributed by atoms with Gasteiger partial charge in [-0.1, -0.05) is 19.1 Å². The molecule has 0 heterocycles. The van der Waals surface area contributed by atoms with Crippen LogP contribution in [0.4, 0.5) is 11.4 Å². The maximum absolute atomic E-state index is 12.0. The third kappa shape index (κ3) is 4.64. The molecule has 0 saturated carbocycles. The summed E-state index contributed by atoms with van der Waals surface area (Å²) in [4.78, 5) is 12.0. The fraction of sp³-hybridized carbons (Fsp3) is 0.278. The van der Waals surface area contributed by atoms with Crippen molar-refractivity contribution < 1.29 is 14.3 Å². The van der Waals surface area contributed by atoms with Gasteiger partial charge in [-0.15, -0.1) is 0 Å². The molecule has 0 fully saturated rings. The largest absolute Gasteiger partial charge is 0.493 e. The topological polar surface area (TPSA) is 59.6 Å². The van der Waals surface area contributed by atoms with Crippen LogP contribution in [0, 0.1) is 0 Å². The van der Waals surface area contributed by atoms with E-state index >= 15 is 0 Å². The minimum absolute atomic E-state index is 0.128. The van der Waals surface area contributed by atoms with Crippen molar-refractivity contribution in [3.63, 3.8) is 0 Å². The molecule has 0 aromatic heterocycles. The second kappa shape index (κ2) is 8.08. The number of benzene rings is 2. The fourth-order valence-corrected chi connectivity index (χ4v) is 2.16. The first-order valence-corrected chi connectivity index (χ1v) is 7.51. The Morgan fingerprint density at radius 2 is 1.61 bits per heavy atom. The molecule has 2 aromatic carbocycles. The van der Waals surface area contributed by atoms with Gasteiger partial charge in [0.05, 0.1) is 20.8 Å². The molecule has 2 N–H and O–H groups in total. The summed E-state index contributed by atoms with van der Waals surface area (Å²) in [6.45, 7) is 2.30. The Bertz CT molecular complexity index is 654. The number of carbonyl (C=O) groups excluding carboxylic acids is 1. The zero-order valence-electron chi connectivity index (χ0n) is 13.7. The van der Waals surface area contributed by atoms with Crippen LogP contribution in [0.3, 0.4) is 0 Å². The lowest BCUT2D eigenvalue weighted by molar-refractivity contribution is -0.114. The van der Waals surface area contributed by atoms with Gasteiger partial charge in [0, 0.05) is 17.4 Å². The van der Waals surface area contributed by atoms with Crippen LogP contribution in [0.2, 0.25) is 0 Å². The highest BCUT2D eigenvalue weighted by Crippen LogP contribution is 2.29. The van der Waals surface area contributed by atoms with E-state index in [1.165, 1.54) is 5.56 Å². The smallest absolute Gasteiger partial charge is 0.243 e. The number of amides is 1. The average Bonchev–Trinajstić information content (AvgIpc) is 2.60. The molecule has 5 nitrogen and oxygen atoms in total. The van der Waals surface area contributed by atoms with E-state index in [1.807, 2.05) is 12.1 Å². The first-order chi connectivity index (χ1) is 11.2. The number of aryl methyl sites for hydroxylation is 1. The third-order valence-electron chi connectivity index (χ3n) is 3.48. The molecule has 0 atom stereocenters. The summed E-state index contributed by atoms with van der Waals surface area (Å²) in [6, 6.07) is 13.3. The number of nitrogens with one attached hydrogen (secondary N) is 2. The number of carbonyl (C=O) groups is 1. The minimum Gasteiger partial charge on any atom is -0.493 e. The molecule has 1 amide bonds. The fourth-order valence-electron chi connectivity index (χ4n) is 2.16. The molecule has 2 rings (SSSR count). The lowest BCUT2D eigenvalue weighted by Gasteiger charge is -2.11. The van der Waals surface area contributed by atoms with E-state index in [1.54, 1.807) is 32.4 Å². The van der Waals surface area contributed by atoms with E-state index < -0.39 is 0 Å². The summed E-state index contributed by atoms with van der Waals surface area (Å²) in [5.41, 5.74) is 2.85. The molecule has 0 bridgehead atoms. The van der Waals surface area contributed by atoms with Crippen molar-refractivity contribution in [3.8, 4) is 11.5 Å². The van der Waals surface area contributed by atoms with Crippen LogP contribution in [0.25, 0.3) is 0 Å². The third-order valence-corrected chi connectivity index (χ3v) is 3.48. The molecule has 5 heteroatoms. The Balaban J connectivity index is 1.91. The quantitative estimate of drug-likeness (QED) is 0.823. The predicted molar refractivity (Wildman–Crippen MR) is 92.5 cm³/mol. The summed E-state index contributed by atoms with van der Waals surface area (Å²) < 4.78 is 10.4. The second-order valence-corrected chi connectivity index (χ2v) is 5.02. The van der Waals surface area contributed by atoms with Crippen LogP contribution in [0.1, 0.15) is 12.5 Å². The maximum atomic E-state index is 12.0. The van der Waals surface area contributed by atoms with Gasteiger partial charge in [-0.05, 0) is 36.2 Å². The molecule has 0 aliphatic carbocycles. The van der Waals surface area contributed by atoms with E-state index in [-0.39, 0.29) is 12.5 Å². The van der Waals surface area contributed by atoms with E-state index in [4.69, 9.17) is 9.47 Å². The van der Waals surface area contributed by atoms with Crippen LogP contribution in [-0.2, 0) is 11.2 Å². The average molecular weight is 314 g/mol. The molecule has 0 radical (unpaired) electrons. The van der Waals surface area contributed by atoms with Crippen LogP contribution in [0.5, 0.6) is 11.5 Å². The summed E-state index contributed by atoms with van der Waals surface area (Å²) in [5, 5.41) is 5.92. The normalized spacial score (nSPS) is 10.0. The number of ether oxygens (including phenoxy) is 2. The molecular formula is C18H22N2O3. The summed E-state index contributed by atoms with van der Waals surface area (Å²) in [5.74, 6) is 1.07. The molecule has 122 valence electrons. The molecule has 0 aliphatic heterocycles. The van der Waals surface area contributed by atoms with Gasteiger partial charge in [0.15, 0.2) is 11.5 Å². The lowest BCUT2D eigenvalue weighted by Crippen LogP contribution is -2.21. The SMILES string of the molecule is CCc1ccc(NCC(=O)Nc2ccc(OC)c(OC)c2)cc1. The summed E-state index contributed by atoms with van der Waals surface area (Å²) in [7, 11) is 3.13. The maximum Gasteiger partial charge on any atom is 0.243 e. The van der Waals surface area contributed by atoms with Crippen molar-refractivity contribution >= 4 is 17.3 Å². The first kappa shape index (κ1) is 16.7. The van der Waals surface area contributed by atoms with Crippen LogP contribution < -0.4 is 20.1 Å². The van der Waals surface area contributed by atoms with Crippen LogP contribution in [0.15, 0.2) is 42.5 Å². The molecule has 0 saturated heterocycles. The van der Waals surface area contributed by atoms with E-state index in [0.717, 1.165) is 12.1 Å². The number of hydrogen-bond donors (Lipinski definition) is 2. The molecule has 0 unspecified atom stereocenters. The van der Waals surface area contributed by atoms with Gasteiger partial charge >= 0.3 is 0 Å². The standard InChI is InChI=1S/C18H22N2O3/c1-4-13-5-7-14(8-6-13)19-12-18(21)20-15-9-10-16(22-2)17(11-15)23-3/h5-11,19H,4,12H2,1-3H3,(H,20,21). The Morgan fingerprint density at radius 3 is 2.22 bits per heavy atom. The van der Waals surface area contributed by atoms with Crippen LogP contribution in [-0.4, -0.2) is 26.7 Å². The van der Waals surface area contributed by atoms with Gasteiger partial charge in [0.25, 0.3) is 0 Å². The highest BCUT2D eigenvalue weighted by molar-refractivity contribution is 5.94. The van der Waals surface area contributed by atoms with Gasteiger partial charge in [-0.2, -0.15) is 0 Å². The Hall–Kier alpha value is -2.69. The van der Waals surface area contributed by atoms with Crippen molar-refractivity contribution in [2.75, 3.05) is 31.4 Å². The zero-order valence-corrected chi connectivity index (χ0v) is 13.7. The Labute approximate surface area is 136 Å². The van der Waals surface area contributed by atoms with Crippen molar-refractivity contribution in [2.24, 2.45) is 0 Å². The molecule has 2 aromatic rings. The van der Waals surface area contributed by atoms with Crippen molar-refractivity contribution in [3.05, 3.63) is 48.0 Å². The summed E-state index contributed by atoms with van der Waals surface area (Å²) in [6.07, 6.45) is 1.00. The number of rotatable bonds is 7. The number of anilines is 2. The van der Waals surface area contributed by atoms with Crippen LogP contribution >= 0.6 is 0 Å². The highest BCUT2D eigenvalue weighted by Gasteiger charge is 2.07. The number of hydrogen-bond acceptors (Lipinski definition) is 4. The van der Waals surface area contributed by atoms with Crippen molar-refractivity contribution in [1.29, 1.82) is 0 Å². The first-order valence-electron chi connectivity index (χ1n) is 7.51. The van der Waals surface area contributed by atoms with E-state index in [2.05, 4.69) is 29.7 Å². The molecule has 0 aliphatic rings. The predicted octanol–water partition coefficient (Wildman–Crippen LogP) is 3.32. The monoisotopic (exact) mass is 314 g/mol.